The summed E-state index contributed by atoms with van der Waals surface area (Å²) in [5.41, 5.74) is 4.05. The van der Waals surface area contributed by atoms with Crippen LogP contribution in [0, 0.1) is 11.3 Å². The zero-order valence-electron chi connectivity index (χ0n) is 19.8. The first kappa shape index (κ1) is 23.8. The molecule has 0 aromatic heterocycles. The summed E-state index contributed by atoms with van der Waals surface area (Å²) in [5, 5.41) is 15.0. The number of carbonyl (C=O) groups excluding carboxylic acids is 2. The maximum absolute atomic E-state index is 12.7. The average Bonchev–Trinajstić information content (AvgIpc) is 3.37. The van der Waals surface area contributed by atoms with E-state index >= 15 is 0 Å². The van der Waals surface area contributed by atoms with Gasteiger partial charge >= 0.3 is 12.1 Å². The smallest absolute Gasteiger partial charge is 0.407 e. The van der Waals surface area contributed by atoms with E-state index in [1.54, 1.807) is 20.8 Å². The first-order valence-electron chi connectivity index (χ1n) is 11.8. The Hall–Kier alpha value is -3.35. The number of amides is 2. The molecule has 0 spiro atoms. The summed E-state index contributed by atoms with van der Waals surface area (Å²) in [5.74, 6) is -1.67. The fraction of sp³-hybridized carbons (Fsp3) is 0.444. The third kappa shape index (κ3) is 4.93. The molecule has 4 rings (SSSR count). The van der Waals surface area contributed by atoms with E-state index in [1.807, 2.05) is 24.3 Å². The molecule has 3 unspecified atom stereocenters. The third-order valence-electron chi connectivity index (χ3n) is 6.87. The predicted molar refractivity (Wildman–Crippen MR) is 128 cm³/mol. The van der Waals surface area contributed by atoms with Gasteiger partial charge in [0.25, 0.3) is 0 Å². The molecule has 0 heterocycles. The maximum atomic E-state index is 12.7. The van der Waals surface area contributed by atoms with Gasteiger partial charge in [0.2, 0.25) is 5.91 Å². The fourth-order valence-corrected chi connectivity index (χ4v) is 5.07. The van der Waals surface area contributed by atoms with Gasteiger partial charge in [0.15, 0.2) is 0 Å². The molecule has 2 aromatic rings. The van der Waals surface area contributed by atoms with Crippen LogP contribution < -0.4 is 10.6 Å². The fourth-order valence-electron chi connectivity index (χ4n) is 5.07. The number of carbonyl (C=O) groups is 3. The van der Waals surface area contributed by atoms with Gasteiger partial charge in [-0.1, -0.05) is 69.3 Å². The number of ether oxygens (including phenoxy) is 1. The van der Waals surface area contributed by atoms with Crippen molar-refractivity contribution in [2.24, 2.45) is 11.3 Å². The molecule has 3 N–H and O–H groups in total. The normalized spacial score (nSPS) is 20.2. The third-order valence-corrected chi connectivity index (χ3v) is 6.87. The molecule has 0 aliphatic heterocycles. The van der Waals surface area contributed by atoms with Crippen molar-refractivity contribution in [3.63, 3.8) is 0 Å². The van der Waals surface area contributed by atoms with E-state index in [0.29, 0.717) is 19.3 Å². The first-order chi connectivity index (χ1) is 16.1. The lowest BCUT2D eigenvalue weighted by Crippen LogP contribution is -2.50. The number of hydrogen-bond donors (Lipinski definition) is 3. The van der Waals surface area contributed by atoms with E-state index in [0.717, 1.165) is 11.1 Å². The van der Waals surface area contributed by atoms with Crippen LogP contribution in [0.5, 0.6) is 0 Å². The highest BCUT2D eigenvalue weighted by molar-refractivity contribution is 5.86. The highest BCUT2D eigenvalue weighted by atomic mass is 16.5. The van der Waals surface area contributed by atoms with Crippen LogP contribution in [-0.2, 0) is 14.3 Å². The van der Waals surface area contributed by atoms with E-state index in [4.69, 9.17) is 4.74 Å². The second-order valence-corrected chi connectivity index (χ2v) is 10.3. The molecule has 7 nitrogen and oxygen atoms in total. The molecular weight excluding hydrogens is 432 g/mol. The highest BCUT2D eigenvalue weighted by Gasteiger charge is 2.37. The number of fused-ring (bicyclic) bond motifs is 3. The molecule has 1 saturated carbocycles. The Morgan fingerprint density at radius 1 is 1.00 bits per heavy atom. The van der Waals surface area contributed by atoms with Crippen molar-refractivity contribution in [1.82, 2.24) is 10.6 Å². The molecule has 2 aromatic carbocycles. The van der Waals surface area contributed by atoms with Crippen LogP contribution in [0.2, 0.25) is 0 Å². The van der Waals surface area contributed by atoms with Gasteiger partial charge in [0, 0.05) is 17.9 Å². The van der Waals surface area contributed by atoms with Gasteiger partial charge < -0.3 is 20.5 Å². The summed E-state index contributed by atoms with van der Waals surface area (Å²) in [7, 11) is 0. The standard InChI is InChI=1S/C27H32N2O5/c1-27(2,3)23(25(31)32)29-24(30)16-12-13-17(14-16)28-26(33)34-15-22-20-10-6-4-8-18(20)19-9-5-7-11-21(19)22/h4-11,16-17,22-23H,12-15H2,1-3H3,(H,28,33)(H,29,30)(H,31,32). The second kappa shape index (κ2) is 9.49. The SMILES string of the molecule is CC(C)(C)C(NC(=O)C1CCC(NC(=O)OCC2c3ccccc3-c3ccccc32)C1)C(=O)O. The molecule has 34 heavy (non-hydrogen) atoms. The Kier molecular flexibility index (Phi) is 6.64. The lowest BCUT2D eigenvalue weighted by atomic mass is 9.86. The second-order valence-electron chi connectivity index (χ2n) is 10.3. The summed E-state index contributed by atoms with van der Waals surface area (Å²) in [6, 6.07) is 15.2. The van der Waals surface area contributed by atoms with Crippen molar-refractivity contribution in [1.29, 1.82) is 0 Å². The van der Waals surface area contributed by atoms with Gasteiger partial charge in [0.05, 0.1) is 0 Å². The molecule has 7 heteroatoms. The quantitative estimate of drug-likeness (QED) is 0.591. The Balaban J connectivity index is 1.30. The van der Waals surface area contributed by atoms with Crippen LogP contribution in [0.4, 0.5) is 4.79 Å². The number of carboxylic acid groups (broad SMARTS) is 1. The van der Waals surface area contributed by atoms with Crippen molar-refractivity contribution in [2.45, 2.75) is 58.0 Å². The predicted octanol–water partition coefficient (Wildman–Crippen LogP) is 4.31. The zero-order valence-corrected chi connectivity index (χ0v) is 19.8. The zero-order chi connectivity index (χ0) is 24.5. The topological polar surface area (TPSA) is 105 Å². The van der Waals surface area contributed by atoms with E-state index in [2.05, 4.69) is 34.9 Å². The molecule has 0 bridgehead atoms. The maximum Gasteiger partial charge on any atom is 0.407 e. The van der Waals surface area contributed by atoms with Crippen molar-refractivity contribution in [2.75, 3.05) is 6.61 Å². The lowest BCUT2D eigenvalue weighted by Gasteiger charge is -2.28. The summed E-state index contributed by atoms with van der Waals surface area (Å²) >= 11 is 0. The molecule has 2 aliphatic rings. The summed E-state index contributed by atoms with van der Waals surface area (Å²) < 4.78 is 5.61. The number of alkyl carbamates (subject to hydrolysis) is 1. The molecule has 0 radical (unpaired) electrons. The molecule has 0 saturated heterocycles. The van der Waals surface area contributed by atoms with Crippen molar-refractivity contribution < 1.29 is 24.2 Å². The van der Waals surface area contributed by atoms with E-state index in [9.17, 15) is 19.5 Å². The van der Waals surface area contributed by atoms with Crippen LogP contribution in [-0.4, -0.2) is 41.8 Å². The Labute approximate surface area is 199 Å². The number of hydrogen-bond acceptors (Lipinski definition) is 4. The Bertz CT molecular complexity index is 1040. The summed E-state index contributed by atoms with van der Waals surface area (Å²) in [4.78, 5) is 36.7. The van der Waals surface area contributed by atoms with Gasteiger partial charge in [-0.05, 0) is 46.9 Å². The van der Waals surface area contributed by atoms with Gasteiger partial charge in [-0.15, -0.1) is 0 Å². The number of benzene rings is 2. The molecule has 1 fully saturated rings. The molecule has 180 valence electrons. The largest absolute Gasteiger partial charge is 0.480 e. The summed E-state index contributed by atoms with van der Waals surface area (Å²) in [6.45, 7) is 5.58. The number of rotatable bonds is 6. The van der Waals surface area contributed by atoms with Crippen molar-refractivity contribution in [3.8, 4) is 11.1 Å². The first-order valence-corrected chi connectivity index (χ1v) is 11.8. The van der Waals surface area contributed by atoms with Crippen LogP contribution in [0.1, 0.15) is 57.1 Å². The Morgan fingerprint density at radius 3 is 2.15 bits per heavy atom. The number of nitrogens with one attached hydrogen (secondary N) is 2. The molecule has 2 amide bonds. The molecular formula is C27H32N2O5. The Morgan fingerprint density at radius 2 is 1.59 bits per heavy atom. The minimum atomic E-state index is -1.05. The molecule has 2 aliphatic carbocycles. The lowest BCUT2D eigenvalue weighted by molar-refractivity contribution is -0.145. The van der Waals surface area contributed by atoms with Crippen molar-refractivity contribution in [3.05, 3.63) is 59.7 Å². The van der Waals surface area contributed by atoms with Gasteiger partial charge in [0.1, 0.15) is 12.6 Å². The van der Waals surface area contributed by atoms with Gasteiger partial charge in [-0.25, -0.2) is 9.59 Å². The van der Waals surface area contributed by atoms with Gasteiger partial charge in [-0.3, -0.25) is 4.79 Å². The van der Waals surface area contributed by atoms with Crippen LogP contribution in [0.3, 0.4) is 0 Å². The number of aliphatic carboxylic acids is 1. The summed E-state index contributed by atoms with van der Waals surface area (Å²) in [6.07, 6.45) is 1.21. The van der Waals surface area contributed by atoms with Crippen molar-refractivity contribution >= 4 is 18.0 Å². The monoisotopic (exact) mass is 464 g/mol. The average molecular weight is 465 g/mol. The van der Waals surface area contributed by atoms with Crippen LogP contribution in [0.25, 0.3) is 11.1 Å². The number of carboxylic acids is 1. The minimum Gasteiger partial charge on any atom is -0.480 e. The van der Waals surface area contributed by atoms with Gasteiger partial charge in [-0.2, -0.15) is 0 Å². The van der Waals surface area contributed by atoms with E-state index < -0.39 is 23.5 Å². The minimum absolute atomic E-state index is 0.00870. The van der Waals surface area contributed by atoms with Crippen LogP contribution >= 0.6 is 0 Å². The van der Waals surface area contributed by atoms with Crippen LogP contribution in [0.15, 0.2) is 48.5 Å². The highest BCUT2D eigenvalue weighted by Crippen LogP contribution is 2.44. The van der Waals surface area contributed by atoms with E-state index in [-0.39, 0.29) is 30.4 Å². The van der Waals surface area contributed by atoms with E-state index in [1.165, 1.54) is 11.1 Å². The molecule has 3 atom stereocenters.